The normalized spacial score (nSPS) is 14.7. The first-order valence-corrected chi connectivity index (χ1v) is 14.2. The highest BCUT2D eigenvalue weighted by molar-refractivity contribution is 8.08. The van der Waals surface area contributed by atoms with Crippen LogP contribution in [0.2, 0.25) is 5.02 Å². The average Bonchev–Trinajstić information content (AvgIpc) is 3.52. The van der Waals surface area contributed by atoms with Gasteiger partial charge >= 0.3 is 0 Å². The highest BCUT2D eigenvalue weighted by Gasteiger charge is 2.25. The summed E-state index contributed by atoms with van der Waals surface area (Å²) >= 11 is 10.9. The third-order valence-corrected chi connectivity index (χ3v) is 9.00. The van der Waals surface area contributed by atoms with Crippen molar-refractivity contribution in [2.75, 3.05) is 11.9 Å². The quantitative estimate of drug-likeness (QED) is 0.326. The van der Waals surface area contributed by atoms with Crippen molar-refractivity contribution < 1.29 is 8.96 Å². The summed E-state index contributed by atoms with van der Waals surface area (Å²) in [6.07, 6.45) is 4.08. The van der Waals surface area contributed by atoms with E-state index in [1.165, 1.54) is 23.5 Å². The Hall–Kier alpha value is -2.39. The summed E-state index contributed by atoms with van der Waals surface area (Å²) in [5.41, 5.74) is 2.09. The highest BCUT2D eigenvalue weighted by atomic mass is 35.5. The molecule has 4 aromatic rings. The van der Waals surface area contributed by atoms with E-state index in [9.17, 15) is 9.18 Å². The molecular weight excluding hydrogens is 521 g/mol. The molecule has 0 radical (unpaired) electrons. The monoisotopic (exact) mass is 546 g/mol. The smallest absolute Gasteiger partial charge is 0.271 e. The molecule has 4 nitrogen and oxygen atoms in total. The SMILES string of the molecule is CC.CCn1c(=O)/c(=C2\Sc3cc(Cl)ccc3N2C)s/c1=C\c1scc[n+]1Cc1ccc(F)cc1. The van der Waals surface area contributed by atoms with Gasteiger partial charge in [0.05, 0.1) is 17.1 Å². The van der Waals surface area contributed by atoms with Gasteiger partial charge in [0, 0.05) is 29.1 Å². The standard InChI is InChI=1S/C24H20ClFN3OS3.C2H6/c1-3-29-21(13-20-28(10-11-31-20)14-15-4-7-17(26)8-5-15)33-22(23(29)30)24-27(2)18-9-6-16(25)12-19(18)32-24;1-2/h4-13H,3,14H2,1-2H3;1-2H3/q+1;/b24-22+;. The molecule has 0 bridgehead atoms. The summed E-state index contributed by atoms with van der Waals surface area (Å²) in [6, 6.07) is 12.3. The van der Waals surface area contributed by atoms with E-state index in [0.717, 1.165) is 35.4 Å². The lowest BCUT2D eigenvalue weighted by molar-refractivity contribution is -0.685. The van der Waals surface area contributed by atoms with Crippen molar-refractivity contribution >= 4 is 62.8 Å². The second-order valence-corrected chi connectivity index (χ2v) is 11.0. The average molecular weight is 547 g/mol. The number of halogens is 2. The van der Waals surface area contributed by atoms with Crippen molar-refractivity contribution in [1.29, 1.82) is 0 Å². The minimum absolute atomic E-state index is 0.0173. The first kappa shape index (κ1) is 25.7. The van der Waals surface area contributed by atoms with Gasteiger partial charge in [-0.15, -0.1) is 11.3 Å². The van der Waals surface area contributed by atoms with Crippen LogP contribution in [-0.2, 0) is 13.1 Å². The van der Waals surface area contributed by atoms with Crippen molar-refractivity contribution in [3.8, 4) is 0 Å². The second-order valence-electron chi connectivity index (χ2n) is 7.54. The van der Waals surface area contributed by atoms with Crippen LogP contribution in [0.3, 0.4) is 0 Å². The van der Waals surface area contributed by atoms with Crippen LogP contribution < -0.4 is 24.2 Å². The van der Waals surface area contributed by atoms with Crippen LogP contribution in [0.4, 0.5) is 10.1 Å². The predicted octanol–water partition coefficient (Wildman–Crippen LogP) is 5.28. The minimum Gasteiger partial charge on any atom is -0.337 e. The lowest BCUT2D eigenvalue weighted by atomic mass is 10.2. The van der Waals surface area contributed by atoms with E-state index in [0.29, 0.717) is 18.1 Å². The molecule has 9 heteroatoms. The first-order valence-electron chi connectivity index (χ1n) is 11.3. The van der Waals surface area contributed by atoms with E-state index in [4.69, 9.17) is 11.6 Å². The van der Waals surface area contributed by atoms with Crippen LogP contribution in [0, 0.1) is 5.82 Å². The molecule has 0 saturated heterocycles. The van der Waals surface area contributed by atoms with Crippen LogP contribution in [-0.4, -0.2) is 11.6 Å². The van der Waals surface area contributed by atoms with E-state index in [1.54, 1.807) is 35.2 Å². The number of thiazole rings is 2. The topological polar surface area (TPSA) is 29.1 Å². The molecule has 0 fully saturated rings. The molecule has 0 spiro atoms. The minimum atomic E-state index is -0.240. The van der Waals surface area contributed by atoms with Gasteiger partial charge in [-0.05, 0) is 49.4 Å². The van der Waals surface area contributed by atoms with E-state index >= 15 is 0 Å². The summed E-state index contributed by atoms with van der Waals surface area (Å²) in [7, 11) is 1.98. The largest absolute Gasteiger partial charge is 0.337 e. The van der Waals surface area contributed by atoms with Crippen molar-refractivity contribution in [1.82, 2.24) is 4.57 Å². The molecule has 5 rings (SSSR count). The Bertz CT molecular complexity index is 1520. The fraction of sp³-hybridized carbons (Fsp3) is 0.231. The summed E-state index contributed by atoms with van der Waals surface area (Å²) in [5.74, 6) is -0.240. The predicted molar refractivity (Wildman–Crippen MR) is 148 cm³/mol. The summed E-state index contributed by atoms with van der Waals surface area (Å²) in [4.78, 5) is 16.5. The van der Waals surface area contributed by atoms with Gasteiger partial charge in [-0.3, -0.25) is 9.36 Å². The van der Waals surface area contributed by atoms with Crippen LogP contribution >= 0.6 is 46.0 Å². The van der Waals surface area contributed by atoms with Crippen LogP contribution in [0.25, 0.3) is 11.1 Å². The Morgan fingerprint density at radius 1 is 1.14 bits per heavy atom. The van der Waals surface area contributed by atoms with E-state index in [-0.39, 0.29) is 11.4 Å². The molecule has 0 amide bonds. The van der Waals surface area contributed by atoms with E-state index in [2.05, 4.69) is 15.5 Å². The summed E-state index contributed by atoms with van der Waals surface area (Å²) < 4.78 is 18.8. The van der Waals surface area contributed by atoms with Gasteiger partial charge in [-0.1, -0.05) is 48.5 Å². The number of thioether (sulfide) groups is 1. The number of benzene rings is 2. The summed E-state index contributed by atoms with van der Waals surface area (Å²) in [5, 5.41) is 4.66. The molecule has 0 atom stereocenters. The van der Waals surface area contributed by atoms with Gasteiger partial charge in [-0.2, -0.15) is 4.57 Å². The zero-order valence-corrected chi connectivity index (χ0v) is 23.1. The Labute approximate surface area is 221 Å². The molecule has 182 valence electrons. The first-order chi connectivity index (χ1) is 16.9. The number of aromatic nitrogens is 2. The maximum absolute atomic E-state index is 13.3. The third-order valence-electron chi connectivity index (χ3n) is 5.44. The molecule has 0 aliphatic carbocycles. The van der Waals surface area contributed by atoms with E-state index in [1.807, 2.05) is 62.2 Å². The van der Waals surface area contributed by atoms with Gasteiger partial charge in [0.1, 0.15) is 20.0 Å². The lowest BCUT2D eigenvalue weighted by Gasteiger charge is -2.12. The number of hydrogen-bond acceptors (Lipinski definition) is 5. The molecule has 0 N–H and O–H groups in total. The van der Waals surface area contributed by atoms with Crippen LogP contribution in [0.5, 0.6) is 0 Å². The van der Waals surface area contributed by atoms with Gasteiger partial charge < -0.3 is 4.90 Å². The molecule has 0 saturated carbocycles. The van der Waals surface area contributed by atoms with Gasteiger partial charge in [-0.25, -0.2) is 4.39 Å². The molecule has 35 heavy (non-hydrogen) atoms. The fourth-order valence-electron chi connectivity index (χ4n) is 3.75. The molecule has 1 aliphatic heterocycles. The second kappa shape index (κ2) is 11.1. The van der Waals surface area contributed by atoms with Crippen molar-refractivity contribution in [3.63, 3.8) is 0 Å². The van der Waals surface area contributed by atoms with Crippen LogP contribution in [0.15, 0.2) is 63.7 Å². The Morgan fingerprint density at radius 3 is 2.60 bits per heavy atom. The number of rotatable bonds is 4. The molecule has 1 aliphatic rings. The third kappa shape index (κ3) is 5.26. The highest BCUT2D eigenvalue weighted by Crippen LogP contribution is 2.46. The maximum atomic E-state index is 13.3. The van der Waals surface area contributed by atoms with Gasteiger partial charge in [0.25, 0.3) is 10.6 Å². The number of nitrogens with zero attached hydrogens (tertiary/aromatic N) is 3. The Morgan fingerprint density at radius 2 is 1.89 bits per heavy atom. The molecule has 0 unspecified atom stereocenters. The van der Waals surface area contributed by atoms with Gasteiger partial charge in [0.2, 0.25) is 0 Å². The van der Waals surface area contributed by atoms with Crippen molar-refractivity contribution in [3.05, 3.63) is 95.0 Å². The fourth-order valence-corrected chi connectivity index (χ4v) is 7.34. The molecular formula is C26H26ClFN3OS3+. The van der Waals surface area contributed by atoms with Crippen LogP contribution in [0.1, 0.15) is 31.3 Å². The molecule has 2 aromatic carbocycles. The maximum Gasteiger partial charge on any atom is 0.271 e. The Kier molecular flexibility index (Phi) is 8.16. The van der Waals surface area contributed by atoms with Crippen molar-refractivity contribution in [2.45, 2.75) is 38.8 Å². The van der Waals surface area contributed by atoms with E-state index < -0.39 is 0 Å². The summed E-state index contributed by atoms with van der Waals surface area (Å²) in [6.45, 7) is 7.21. The molecule has 3 heterocycles. The zero-order chi connectivity index (χ0) is 25.1. The Balaban J connectivity index is 0.00000141. The number of hydrogen-bond donors (Lipinski definition) is 0. The lowest BCUT2D eigenvalue weighted by Crippen LogP contribution is -2.36. The van der Waals surface area contributed by atoms with Gasteiger partial charge in [0.15, 0.2) is 12.7 Å². The van der Waals surface area contributed by atoms with Crippen molar-refractivity contribution in [2.24, 2.45) is 0 Å². The molecule has 2 aromatic heterocycles. The number of fused-ring (bicyclic) bond motifs is 1. The number of anilines is 1. The zero-order valence-electron chi connectivity index (χ0n) is 19.9.